The number of aliphatic hydroxyl groups is 4. The van der Waals surface area contributed by atoms with Crippen LogP contribution in [0.25, 0.3) is 0 Å². The summed E-state index contributed by atoms with van der Waals surface area (Å²) in [6.45, 7) is 2.94. The highest BCUT2D eigenvalue weighted by atomic mass is 16.6. The zero-order valence-electron chi connectivity index (χ0n) is 12.7. The van der Waals surface area contributed by atoms with E-state index in [1.165, 1.54) is 12.1 Å². The van der Waals surface area contributed by atoms with E-state index >= 15 is 0 Å². The molecular formula is C14H20N2O7. The van der Waals surface area contributed by atoms with E-state index in [4.69, 9.17) is 9.84 Å². The van der Waals surface area contributed by atoms with E-state index in [0.717, 1.165) is 11.1 Å². The smallest absolute Gasteiger partial charge is 0.292 e. The summed E-state index contributed by atoms with van der Waals surface area (Å²) in [5, 5.41) is 52.5. The molecule has 1 saturated heterocycles. The second kappa shape index (κ2) is 6.77. The standard InChI is InChI=1S/C14H20N2O7/c1-6-3-8(9(16(21)22)4-7(6)2)15-14-13(20)12(19)11(18)10(5-17)23-14/h3-4,10-15,17-20H,5H2,1-2H3. The molecule has 1 aliphatic heterocycles. The Hall–Kier alpha value is -1.78. The van der Waals surface area contributed by atoms with Crippen LogP contribution < -0.4 is 5.32 Å². The predicted molar refractivity (Wildman–Crippen MR) is 80.0 cm³/mol. The highest BCUT2D eigenvalue weighted by Gasteiger charge is 2.43. The quantitative estimate of drug-likeness (QED) is 0.365. The second-order valence-electron chi connectivity index (χ2n) is 5.60. The normalized spacial score (nSPS) is 31.0. The van der Waals surface area contributed by atoms with Crippen molar-refractivity contribution in [2.24, 2.45) is 0 Å². The molecule has 9 heteroatoms. The van der Waals surface area contributed by atoms with Gasteiger partial charge in [-0.1, -0.05) is 0 Å². The number of benzene rings is 1. The van der Waals surface area contributed by atoms with Gasteiger partial charge in [-0.15, -0.1) is 0 Å². The van der Waals surface area contributed by atoms with E-state index in [2.05, 4.69) is 5.32 Å². The van der Waals surface area contributed by atoms with Gasteiger partial charge in [-0.25, -0.2) is 0 Å². The Kier molecular flexibility index (Phi) is 5.17. The number of nitrogens with one attached hydrogen (secondary N) is 1. The average Bonchev–Trinajstić information content (AvgIpc) is 2.50. The Morgan fingerprint density at radius 3 is 2.35 bits per heavy atom. The molecule has 1 aliphatic rings. The van der Waals surface area contributed by atoms with Crippen molar-refractivity contribution in [1.29, 1.82) is 0 Å². The fourth-order valence-corrected chi connectivity index (χ4v) is 2.44. The fourth-order valence-electron chi connectivity index (χ4n) is 2.44. The van der Waals surface area contributed by atoms with Crippen LogP contribution in [0.1, 0.15) is 11.1 Å². The average molecular weight is 328 g/mol. The summed E-state index contributed by atoms with van der Waals surface area (Å²) in [4.78, 5) is 10.6. The summed E-state index contributed by atoms with van der Waals surface area (Å²) in [6.07, 6.45) is -6.86. The van der Waals surface area contributed by atoms with Crippen molar-refractivity contribution < 1.29 is 30.1 Å². The van der Waals surface area contributed by atoms with Gasteiger partial charge in [-0.05, 0) is 31.0 Å². The van der Waals surface area contributed by atoms with Crippen LogP contribution >= 0.6 is 0 Å². The lowest BCUT2D eigenvalue weighted by Gasteiger charge is -2.40. The number of ether oxygens (including phenoxy) is 1. The minimum atomic E-state index is -1.55. The summed E-state index contributed by atoms with van der Waals surface area (Å²) in [5.41, 5.74) is 1.44. The summed E-state index contributed by atoms with van der Waals surface area (Å²) >= 11 is 0. The number of aryl methyl sites for hydroxylation is 2. The Morgan fingerprint density at radius 2 is 1.78 bits per heavy atom. The Morgan fingerprint density at radius 1 is 1.17 bits per heavy atom. The van der Waals surface area contributed by atoms with Crippen LogP contribution in [0.2, 0.25) is 0 Å². The molecule has 0 aliphatic carbocycles. The third kappa shape index (κ3) is 3.43. The number of nitrogens with zero attached hydrogens (tertiary/aromatic N) is 1. The van der Waals surface area contributed by atoms with Crippen LogP contribution in [0.4, 0.5) is 11.4 Å². The molecule has 1 fully saturated rings. The van der Waals surface area contributed by atoms with Gasteiger partial charge >= 0.3 is 0 Å². The summed E-state index contributed by atoms with van der Waals surface area (Å²) in [6, 6.07) is 2.93. The first kappa shape index (κ1) is 17.6. The van der Waals surface area contributed by atoms with E-state index in [1.54, 1.807) is 13.8 Å². The molecule has 1 heterocycles. The molecule has 0 saturated carbocycles. The van der Waals surface area contributed by atoms with Gasteiger partial charge in [-0.3, -0.25) is 10.1 Å². The lowest BCUT2D eigenvalue weighted by atomic mass is 9.98. The number of aliphatic hydroxyl groups excluding tert-OH is 4. The fraction of sp³-hybridized carbons (Fsp3) is 0.571. The van der Waals surface area contributed by atoms with Gasteiger partial charge < -0.3 is 30.5 Å². The van der Waals surface area contributed by atoms with Gasteiger partial charge in [0.15, 0.2) is 6.23 Å². The first-order valence-electron chi connectivity index (χ1n) is 7.09. The van der Waals surface area contributed by atoms with E-state index in [9.17, 15) is 25.4 Å². The van der Waals surface area contributed by atoms with Crippen molar-refractivity contribution in [2.45, 2.75) is 44.5 Å². The van der Waals surface area contributed by atoms with Crippen LogP contribution in [-0.4, -0.2) is 62.6 Å². The molecule has 0 spiro atoms. The largest absolute Gasteiger partial charge is 0.394 e. The molecule has 5 N–H and O–H groups in total. The number of hydrogen-bond acceptors (Lipinski definition) is 8. The Labute approximate surface area is 132 Å². The van der Waals surface area contributed by atoms with Crippen LogP contribution in [0.5, 0.6) is 0 Å². The zero-order valence-corrected chi connectivity index (χ0v) is 12.7. The summed E-state index contributed by atoms with van der Waals surface area (Å²) < 4.78 is 5.30. The molecule has 1 aromatic carbocycles. The molecule has 1 aromatic rings. The van der Waals surface area contributed by atoms with Gasteiger partial charge in [0, 0.05) is 6.07 Å². The minimum Gasteiger partial charge on any atom is -0.394 e. The van der Waals surface area contributed by atoms with Gasteiger partial charge in [0.2, 0.25) is 0 Å². The monoisotopic (exact) mass is 328 g/mol. The molecule has 128 valence electrons. The first-order chi connectivity index (χ1) is 10.8. The third-order valence-corrected chi connectivity index (χ3v) is 4.00. The Bertz CT molecular complexity index is 593. The summed E-state index contributed by atoms with van der Waals surface area (Å²) in [5.74, 6) is 0. The zero-order chi connectivity index (χ0) is 17.3. The number of nitro benzene ring substituents is 1. The van der Waals surface area contributed by atoms with Gasteiger partial charge in [0.25, 0.3) is 5.69 Å². The van der Waals surface area contributed by atoms with Gasteiger partial charge in [0.05, 0.1) is 11.5 Å². The predicted octanol–water partition coefficient (Wildman–Crippen LogP) is -0.577. The number of anilines is 1. The first-order valence-corrected chi connectivity index (χ1v) is 7.09. The van der Waals surface area contributed by atoms with Crippen LogP contribution in [0.3, 0.4) is 0 Å². The number of hydrogen-bond donors (Lipinski definition) is 5. The van der Waals surface area contributed by atoms with Gasteiger partial charge in [-0.2, -0.15) is 0 Å². The van der Waals surface area contributed by atoms with Crippen molar-refractivity contribution in [1.82, 2.24) is 0 Å². The Balaban J connectivity index is 2.30. The molecule has 5 unspecified atom stereocenters. The van der Waals surface area contributed by atoms with Crippen molar-refractivity contribution in [3.63, 3.8) is 0 Å². The highest BCUT2D eigenvalue weighted by Crippen LogP contribution is 2.31. The molecule has 9 nitrogen and oxygen atoms in total. The maximum absolute atomic E-state index is 11.2. The van der Waals surface area contributed by atoms with Crippen LogP contribution in [0.15, 0.2) is 12.1 Å². The molecule has 5 atom stereocenters. The molecule has 0 radical (unpaired) electrons. The van der Waals surface area contributed by atoms with Crippen molar-refractivity contribution >= 4 is 11.4 Å². The molecule has 23 heavy (non-hydrogen) atoms. The van der Waals surface area contributed by atoms with E-state index in [-0.39, 0.29) is 11.4 Å². The molecule has 0 amide bonds. The maximum Gasteiger partial charge on any atom is 0.292 e. The SMILES string of the molecule is Cc1cc(NC2OC(CO)C(O)C(O)C2O)c([N+](=O)[O-])cc1C. The van der Waals surface area contributed by atoms with Crippen LogP contribution in [-0.2, 0) is 4.74 Å². The molecule has 0 bridgehead atoms. The third-order valence-electron chi connectivity index (χ3n) is 4.00. The minimum absolute atomic E-state index is 0.113. The van der Waals surface area contributed by atoms with E-state index in [1.807, 2.05) is 0 Å². The molecule has 0 aromatic heterocycles. The number of nitro groups is 1. The maximum atomic E-state index is 11.2. The lowest BCUT2D eigenvalue weighted by molar-refractivity contribution is -0.384. The van der Waals surface area contributed by atoms with Crippen molar-refractivity contribution in [3.05, 3.63) is 33.4 Å². The van der Waals surface area contributed by atoms with Crippen LogP contribution in [0, 0.1) is 24.0 Å². The second-order valence-corrected chi connectivity index (χ2v) is 5.60. The molecule has 2 rings (SSSR count). The topological polar surface area (TPSA) is 145 Å². The van der Waals surface area contributed by atoms with Gasteiger partial charge in [0.1, 0.15) is 30.1 Å². The van der Waals surface area contributed by atoms with E-state index < -0.39 is 42.2 Å². The lowest BCUT2D eigenvalue weighted by Crippen LogP contribution is -2.60. The summed E-state index contributed by atoms with van der Waals surface area (Å²) in [7, 11) is 0. The molecular weight excluding hydrogens is 308 g/mol. The highest BCUT2D eigenvalue weighted by molar-refractivity contribution is 5.64. The van der Waals surface area contributed by atoms with E-state index in [0.29, 0.717) is 0 Å². The van der Waals surface area contributed by atoms with Crippen molar-refractivity contribution in [2.75, 3.05) is 11.9 Å². The van der Waals surface area contributed by atoms with Crippen molar-refractivity contribution in [3.8, 4) is 0 Å². The number of rotatable bonds is 4.